The molecule has 0 aliphatic heterocycles. The summed E-state index contributed by atoms with van der Waals surface area (Å²) in [6.07, 6.45) is 3.10. The van der Waals surface area contributed by atoms with Gasteiger partial charge in [0.15, 0.2) is 0 Å². The summed E-state index contributed by atoms with van der Waals surface area (Å²) in [7, 11) is 0. The van der Waals surface area contributed by atoms with E-state index >= 15 is 0 Å². The second-order valence-corrected chi connectivity index (χ2v) is 6.21. The number of hydrogen-bond donors (Lipinski definition) is 0. The molecule has 0 amide bonds. The minimum atomic E-state index is -2.25. The Hall–Kier alpha value is 0.423. The summed E-state index contributed by atoms with van der Waals surface area (Å²) >= 11 is -2.25. The summed E-state index contributed by atoms with van der Waals surface area (Å²) in [5.41, 5.74) is 0. The van der Waals surface area contributed by atoms with Crippen molar-refractivity contribution in [2.24, 2.45) is 0 Å². The maximum absolute atomic E-state index is 5.54. The Labute approximate surface area is 86.9 Å². The summed E-state index contributed by atoms with van der Waals surface area (Å²) in [5, 5.41) is 0. The average Bonchev–Trinajstić information content (AvgIpc) is 2.17. The van der Waals surface area contributed by atoms with E-state index < -0.39 is 15.4 Å². The predicted octanol–water partition coefficient (Wildman–Crippen LogP) is 1.98. The topological polar surface area (TPSA) is 27.7 Å². The van der Waals surface area contributed by atoms with E-state index in [-0.39, 0.29) is 0 Å². The minimum absolute atomic E-state index is 0.776. The van der Waals surface area contributed by atoms with Gasteiger partial charge < -0.3 is 0 Å². The van der Waals surface area contributed by atoms with Crippen LogP contribution in [0.25, 0.3) is 0 Å². The third-order valence-corrected chi connectivity index (χ3v) is 4.57. The first kappa shape index (κ1) is 13.4. The summed E-state index contributed by atoms with van der Waals surface area (Å²) in [5.74, 6) is 0. The first-order valence-electron chi connectivity index (χ1n) is 5.19. The Kier molecular flexibility index (Phi) is 10.8. The van der Waals surface area contributed by atoms with Crippen LogP contribution in [-0.4, -0.2) is 35.2 Å². The molecule has 0 aliphatic rings. The second-order valence-electron chi connectivity index (χ2n) is 2.90. The van der Waals surface area contributed by atoms with Gasteiger partial charge in [0, 0.05) is 0 Å². The molecule has 0 unspecified atom stereocenters. The zero-order chi connectivity index (χ0) is 9.94. The van der Waals surface area contributed by atoms with Crippen LogP contribution in [0.4, 0.5) is 0 Å². The molecule has 13 heavy (non-hydrogen) atoms. The SMILES string of the molecule is CCC[O][GeH]([O]CCC)[O]CCC. The fourth-order valence-corrected chi connectivity index (χ4v) is 4.09. The van der Waals surface area contributed by atoms with Crippen molar-refractivity contribution in [3.8, 4) is 0 Å². The molecule has 0 radical (unpaired) electrons. The molecule has 0 atom stereocenters. The van der Waals surface area contributed by atoms with Crippen LogP contribution in [0, 0.1) is 0 Å². The van der Waals surface area contributed by atoms with E-state index in [1.807, 2.05) is 0 Å². The fourth-order valence-electron chi connectivity index (χ4n) is 0.787. The molecule has 3 nitrogen and oxygen atoms in total. The molecule has 0 aromatic carbocycles. The van der Waals surface area contributed by atoms with E-state index in [1.165, 1.54) is 0 Å². The molecule has 0 aromatic heterocycles. The predicted molar refractivity (Wildman–Crippen MR) is 55.9 cm³/mol. The quantitative estimate of drug-likeness (QED) is 0.586. The molecule has 0 saturated heterocycles. The van der Waals surface area contributed by atoms with Gasteiger partial charge in [-0.1, -0.05) is 0 Å². The van der Waals surface area contributed by atoms with Crippen molar-refractivity contribution in [1.82, 2.24) is 0 Å². The fraction of sp³-hybridized carbons (Fsp3) is 1.00. The van der Waals surface area contributed by atoms with Crippen molar-refractivity contribution in [3.63, 3.8) is 0 Å². The van der Waals surface area contributed by atoms with Gasteiger partial charge in [-0.05, 0) is 0 Å². The summed E-state index contributed by atoms with van der Waals surface area (Å²) in [4.78, 5) is 0. The third-order valence-electron chi connectivity index (χ3n) is 1.37. The molecule has 0 N–H and O–H groups in total. The third kappa shape index (κ3) is 8.74. The van der Waals surface area contributed by atoms with Crippen LogP contribution >= 0.6 is 0 Å². The van der Waals surface area contributed by atoms with Crippen molar-refractivity contribution in [3.05, 3.63) is 0 Å². The van der Waals surface area contributed by atoms with Crippen LogP contribution in [0.2, 0.25) is 0 Å². The normalized spacial score (nSPS) is 11.1. The molecule has 0 bridgehead atoms. The van der Waals surface area contributed by atoms with E-state index in [4.69, 9.17) is 11.3 Å². The Morgan fingerprint density at radius 1 is 0.692 bits per heavy atom. The van der Waals surface area contributed by atoms with Crippen LogP contribution in [0.1, 0.15) is 40.0 Å². The Bertz CT molecular complexity index is 81.8. The van der Waals surface area contributed by atoms with Gasteiger partial charge in [-0.25, -0.2) is 0 Å². The van der Waals surface area contributed by atoms with Crippen LogP contribution in [-0.2, 0) is 11.3 Å². The van der Waals surface area contributed by atoms with Crippen LogP contribution in [0.3, 0.4) is 0 Å². The van der Waals surface area contributed by atoms with Crippen LogP contribution in [0.15, 0.2) is 0 Å². The molecule has 0 saturated carbocycles. The van der Waals surface area contributed by atoms with Crippen molar-refractivity contribution in [1.29, 1.82) is 0 Å². The number of hydrogen-bond acceptors (Lipinski definition) is 3. The van der Waals surface area contributed by atoms with Gasteiger partial charge in [-0.3, -0.25) is 0 Å². The van der Waals surface area contributed by atoms with E-state index in [0.717, 1.165) is 39.1 Å². The standard InChI is InChI=1S/C9H22GeO3/c1-4-7-11-10(12-8-5-2)13-9-6-3/h10H,4-9H2,1-3H3. The average molecular weight is 251 g/mol. The molecule has 0 aliphatic carbocycles. The van der Waals surface area contributed by atoms with Gasteiger partial charge >= 0.3 is 86.5 Å². The van der Waals surface area contributed by atoms with Gasteiger partial charge in [-0.2, -0.15) is 0 Å². The van der Waals surface area contributed by atoms with Crippen molar-refractivity contribution >= 4 is 15.4 Å². The van der Waals surface area contributed by atoms with E-state index in [0.29, 0.717) is 0 Å². The van der Waals surface area contributed by atoms with Gasteiger partial charge in [-0.15, -0.1) is 0 Å². The van der Waals surface area contributed by atoms with Crippen molar-refractivity contribution < 1.29 is 11.3 Å². The molecule has 0 heterocycles. The van der Waals surface area contributed by atoms with Gasteiger partial charge in [0.2, 0.25) is 0 Å². The van der Waals surface area contributed by atoms with Gasteiger partial charge in [0.25, 0.3) is 0 Å². The van der Waals surface area contributed by atoms with Crippen molar-refractivity contribution in [2.45, 2.75) is 40.0 Å². The first-order chi connectivity index (χ1) is 6.35. The van der Waals surface area contributed by atoms with E-state index in [2.05, 4.69) is 20.8 Å². The monoisotopic (exact) mass is 252 g/mol. The molecule has 0 spiro atoms. The zero-order valence-electron chi connectivity index (χ0n) is 9.04. The molecular weight excluding hydrogens is 229 g/mol. The van der Waals surface area contributed by atoms with Gasteiger partial charge in [0.05, 0.1) is 0 Å². The molecular formula is C9H22GeO3. The van der Waals surface area contributed by atoms with Gasteiger partial charge in [0.1, 0.15) is 0 Å². The van der Waals surface area contributed by atoms with E-state index in [1.54, 1.807) is 0 Å². The number of rotatable bonds is 9. The van der Waals surface area contributed by atoms with Crippen LogP contribution < -0.4 is 0 Å². The van der Waals surface area contributed by atoms with E-state index in [9.17, 15) is 0 Å². The summed E-state index contributed by atoms with van der Waals surface area (Å²) in [6, 6.07) is 0. The summed E-state index contributed by atoms with van der Waals surface area (Å²) in [6.45, 7) is 8.62. The Balaban J connectivity index is 3.47. The molecule has 0 aromatic rings. The zero-order valence-corrected chi connectivity index (χ0v) is 11.5. The molecule has 80 valence electrons. The second kappa shape index (κ2) is 10.5. The Morgan fingerprint density at radius 2 is 1.00 bits per heavy atom. The molecule has 0 rings (SSSR count). The molecule has 4 heteroatoms. The first-order valence-corrected chi connectivity index (χ1v) is 8.16. The van der Waals surface area contributed by atoms with Crippen LogP contribution in [0.5, 0.6) is 0 Å². The molecule has 0 fully saturated rings. The van der Waals surface area contributed by atoms with Crippen molar-refractivity contribution in [2.75, 3.05) is 19.8 Å². The Morgan fingerprint density at radius 3 is 1.23 bits per heavy atom. The summed E-state index contributed by atoms with van der Waals surface area (Å²) < 4.78 is 16.6. The maximum atomic E-state index is 5.54.